The lowest BCUT2D eigenvalue weighted by Crippen LogP contribution is -2.29. The summed E-state index contributed by atoms with van der Waals surface area (Å²) in [6.07, 6.45) is 4.92. The van der Waals surface area contributed by atoms with Crippen LogP contribution in [0.1, 0.15) is 17.9 Å². The highest BCUT2D eigenvalue weighted by atomic mass is 32.2. The average Bonchev–Trinajstić information content (AvgIpc) is 3.43. The van der Waals surface area contributed by atoms with Crippen LogP contribution in [0.2, 0.25) is 0 Å². The van der Waals surface area contributed by atoms with E-state index < -0.39 is 0 Å². The number of para-hydroxylation sites is 1. The molecular formula is C22H17N7OS2. The van der Waals surface area contributed by atoms with Crippen LogP contribution >= 0.6 is 24.0 Å². The Bertz CT molecular complexity index is 1340. The summed E-state index contributed by atoms with van der Waals surface area (Å²) in [5, 5.41) is 14.9. The van der Waals surface area contributed by atoms with Crippen molar-refractivity contribution in [3.05, 3.63) is 71.2 Å². The molecule has 5 rings (SSSR count). The summed E-state index contributed by atoms with van der Waals surface area (Å²) in [6.45, 7) is 0.507. The number of aryl methyl sites for hydroxylation is 1. The zero-order valence-electron chi connectivity index (χ0n) is 16.8. The van der Waals surface area contributed by atoms with Crippen molar-refractivity contribution in [1.82, 2.24) is 35.5 Å². The molecule has 3 aromatic heterocycles. The monoisotopic (exact) mass is 459 g/mol. The van der Waals surface area contributed by atoms with Crippen molar-refractivity contribution >= 4 is 51.2 Å². The van der Waals surface area contributed by atoms with E-state index in [1.165, 1.54) is 11.8 Å². The molecule has 1 aliphatic rings. The van der Waals surface area contributed by atoms with Gasteiger partial charge in [-0.05, 0) is 36.8 Å². The number of tetrazole rings is 1. The Morgan fingerprint density at radius 3 is 2.94 bits per heavy atom. The van der Waals surface area contributed by atoms with Crippen LogP contribution in [-0.2, 0) is 11.2 Å². The molecular weight excluding hydrogens is 442 g/mol. The number of hydrogen-bond donors (Lipinski definition) is 1. The highest BCUT2D eigenvalue weighted by Gasteiger charge is 2.31. The lowest BCUT2D eigenvalue weighted by atomic mass is 10.1. The van der Waals surface area contributed by atoms with Crippen LogP contribution in [0, 0.1) is 0 Å². The smallest absolute Gasteiger partial charge is 0.266 e. The summed E-state index contributed by atoms with van der Waals surface area (Å²) in [4.78, 5) is 24.3. The molecule has 158 valence electrons. The molecule has 1 saturated heterocycles. The number of carbonyl (C=O) groups excluding carboxylic acids is 1. The van der Waals surface area contributed by atoms with E-state index in [-0.39, 0.29) is 5.91 Å². The van der Waals surface area contributed by atoms with Crippen LogP contribution in [0.3, 0.4) is 0 Å². The number of rotatable bonds is 6. The third-order valence-electron chi connectivity index (χ3n) is 4.98. The lowest BCUT2D eigenvalue weighted by Gasteiger charge is -2.13. The zero-order chi connectivity index (χ0) is 21.9. The number of nitrogens with zero attached hydrogens (tertiary/aromatic N) is 6. The fraction of sp³-hybridized carbons (Fsp3) is 0.136. The molecule has 10 heteroatoms. The lowest BCUT2D eigenvalue weighted by molar-refractivity contribution is -0.122. The number of hydrogen-bond acceptors (Lipinski definition) is 8. The number of thiocarbonyl (C=S) groups is 1. The van der Waals surface area contributed by atoms with Crippen molar-refractivity contribution < 1.29 is 4.79 Å². The summed E-state index contributed by atoms with van der Waals surface area (Å²) in [5.41, 5.74) is 3.36. The first-order valence-electron chi connectivity index (χ1n) is 9.97. The van der Waals surface area contributed by atoms with Gasteiger partial charge in [-0.2, -0.15) is 5.21 Å². The quantitative estimate of drug-likeness (QED) is 0.345. The molecule has 1 N–H and O–H groups in total. The maximum absolute atomic E-state index is 12.9. The number of benzene rings is 1. The standard InChI is InChI=1S/C22H17N7OS2/c30-21-19(32-22(31)29(21)10-4-9-20-25-27-28-26-20)12-16-6-3-8-18(24-16)15-11-14-5-1-2-7-17(14)23-13-15/h1-3,5-8,11-13H,4,9-10H2,(H,25,26,27,28). The van der Waals surface area contributed by atoms with Crippen molar-refractivity contribution in [2.45, 2.75) is 12.8 Å². The third-order valence-corrected chi connectivity index (χ3v) is 6.36. The highest BCUT2D eigenvalue weighted by Crippen LogP contribution is 2.32. The van der Waals surface area contributed by atoms with E-state index in [4.69, 9.17) is 17.2 Å². The van der Waals surface area contributed by atoms with E-state index in [9.17, 15) is 4.79 Å². The number of thioether (sulfide) groups is 1. The number of H-pyrrole nitrogens is 1. The van der Waals surface area contributed by atoms with Gasteiger partial charge in [0, 0.05) is 30.1 Å². The molecule has 0 atom stereocenters. The Balaban J connectivity index is 1.33. The summed E-state index contributed by atoms with van der Waals surface area (Å²) >= 11 is 6.72. The predicted molar refractivity (Wildman–Crippen MR) is 127 cm³/mol. The molecule has 0 spiro atoms. The minimum Gasteiger partial charge on any atom is -0.293 e. The van der Waals surface area contributed by atoms with Gasteiger partial charge in [0.1, 0.15) is 4.32 Å². The molecule has 1 aromatic carbocycles. The molecule has 32 heavy (non-hydrogen) atoms. The van der Waals surface area contributed by atoms with Crippen molar-refractivity contribution in [2.24, 2.45) is 0 Å². The summed E-state index contributed by atoms with van der Waals surface area (Å²) in [5.74, 6) is 0.517. The van der Waals surface area contributed by atoms with Gasteiger partial charge in [-0.3, -0.25) is 14.7 Å². The largest absolute Gasteiger partial charge is 0.293 e. The molecule has 0 bridgehead atoms. The molecule has 4 aromatic rings. The van der Waals surface area contributed by atoms with Gasteiger partial charge in [0.15, 0.2) is 5.82 Å². The van der Waals surface area contributed by atoms with Crippen molar-refractivity contribution in [2.75, 3.05) is 6.54 Å². The third kappa shape index (κ3) is 4.27. The second-order valence-corrected chi connectivity index (χ2v) is 8.81. The fourth-order valence-corrected chi connectivity index (χ4v) is 4.71. The molecule has 0 unspecified atom stereocenters. The van der Waals surface area contributed by atoms with E-state index in [2.05, 4.69) is 31.7 Å². The Morgan fingerprint density at radius 2 is 2.06 bits per heavy atom. The Hall–Kier alpha value is -3.50. The van der Waals surface area contributed by atoms with Gasteiger partial charge in [-0.25, -0.2) is 4.98 Å². The van der Waals surface area contributed by atoms with E-state index in [0.717, 1.165) is 22.2 Å². The predicted octanol–water partition coefficient (Wildman–Crippen LogP) is 3.64. The first kappa shape index (κ1) is 20.4. The van der Waals surface area contributed by atoms with Crippen molar-refractivity contribution in [1.29, 1.82) is 0 Å². The van der Waals surface area contributed by atoms with Crippen molar-refractivity contribution in [3.8, 4) is 11.3 Å². The molecule has 0 saturated carbocycles. The first-order chi connectivity index (χ1) is 15.7. The van der Waals surface area contributed by atoms with Gasteiger partial charge in [0.25, 0.3) is 5.91 Å². The van der Waals surface area contributed by atoms with Gasteiger partial charge in [0.2, 0.25) is 0 Å². The number of carbonyl (C=O) groups is 1. The van der Waals surface area contributed by atoms with E-state index in [0.29, 0.717) is 40.1 Å². The summed E-state index contributed by atoms with van der Waals surface area (Å²) < 4.78 is 0.546. The van der Waals surface area contributed by atoms with Crippen molar-refractivity contribution in [3.63, 3.8) is 0 Å². The van der Waals surface area contributed by atoms with Crippen LogP contribution in [0.5, 0.6) is 0 Å². The highest BCUT2D eigenvalue weighted by molar-refractivity contribution is 8.26. The van der Waals surface area contributed by atoms with Crippen LogP contribution < -0.4 is 0 Å². The van der Waals surface area contributed by atoms with Gasteiger partial charge < -0.3 is 0 Å². The van der Waals surface area contributed by atoms with E-state index in [1.54, 1.807) is 11.0 Å². The SMILES string of the molecule is O=C1C(=Cc2cccc(-c3cnc4ccccc4c3)n2)SC(=S)N1CCCc1nn[nH]n1. The molecule has 1 amide bonds. The van der Waals surface area contributed by atoms with E-state index in [1.807, 2.05) is 48.7 Å². The van der Waals surface area contributed by atoms with E-state index >= 15 is 0 Å². The number of fused-ring (bicyclic) bond motifs is 1. The number of amides is 1. The average molecular weight is 460 g/mol. The summed E-state index contributed by atoms with van der Waals surface area (Å²) in [6, 6.07) is 15.8. The van der Waals surface area contributed by atoms with Crippen LogP contribution in [0.25, 0.3) is 28.2 Å². The minimum absolute atomic E-state index is 0.104. The number of aromatic nitrogens is 6. The van der Waals surface area contributed by atoms with Crippen LogP contribution in [-0.4, -0.2) is 52.3 Å². The van der Waals surface area contributed by atoms with Gasteiger partial charge in [-0.15, -0.1) is 10.2 Å². The Kier molecular flexibility index (Phi) is 5.70. The van der Waals surface area contributed by atoms with Gasteiger partial charge in [-0.1, -0.05) is 53.5 Å². The molecule has 1 fully saturated rings. The van der Waals surface area contributed by atoms with Gasteiger partial charge in [0.05, 0.1) is 21.8 Å². The molecule has 0 radical (unpaired) electrons. The topological polar surface area (TPSA) is 101 Å². The minimum atomic E-state index is -0.104. The summed E-state index contributed by atoms with van der Waals surface area (Å²) in [7, 11) is 0. The van der Waals surface area contributed by atoms with Gasteiger partial charge >= 0.3 is 0 Å². The van der Waals surface area contributed by atoms with Crippen LogP contribution in [0.15, 0.2) is 59.6 Å². The first-order valence-corrected chi connectivity index (χ1v) is 11.2. The van der Waals surface area contributed by atoms with Crippen LogP contribution in [0.4, 0.5) is 0 Å². The molecule has 1 aliphatic heterocycles. The Labute approximate surface area is 193 Å². The fourth-order valence-electron chi connectivity index (χ4n) is 3.41. The molecule has 4 heterocycles. The molecule has 0 aliphatic carbocycles. The maximum atomic E-state index is 12.9. The second-order valence-electron chi connectivity index (χ2n) is 7.13. The second kappa shape index (κ2) is 8.93. The molecule has 8 nitrogen and oxygen atoms in total. The Morgan fingerprint density at radius 1 is 1.16 bits per heavy atom. The zero-order valence-corrected chi connectivity index (χ0v) is 18.4. The number of nitrogens with one attached hydrogen (secondary N) is 1. The normalized spacial score (nSPS) is 15.2. The number of aromatic amines is 1. The number of pyridine rings is 2. The maximum Gasteiger partial charge on any atom is 0.266 e.